The predicted octanol–water partition coefficient (Wildman–Crippen LogP) is 2.80. The number of anilines is 1. The number of rotatable bonds is 2. The molecular formula is C16H16BrN3O. The first-order valence-electron chi connectivity index (χ1n) is 7.10. The third-order valence-electron chi connectivity index (χ3n) is 4.03. The van der Waals surface area contributed by atoms with Crippen LogP contribution in [0.5, 0.6) is 0 Å². The van der Waals surface area contributed by atoms with Crippen LogP contribution in [-0.2, 0) is 4.79 Å². The minimum atomic E-state index is -0.250. The summed E-state index contributed by atoms with van der Waals surface area (Å²) in [6.45, 7) is 1.75. The average Bonchev–Trinajstić information content (AvgIpc) is 2.97. The number of carbonyl (C=O) groups excluding carboxylic acids is 1. The molecule has 0 bridgehead atoms. The van der Waals surface area contributed by atoms with Crippen molar-refractivity contribution in [2.24, 2.45) is 0 Å². The average molecular weight is 346 g/mol. The molecule has 0 unspecified atom stereocenters. The van der Waals surface area contributed by atoms with E-state index in [1.807, 2.05) is 18.2 Å². The summed E-state index contributed by atoms with van der Waals surface area (Å²) in [6.07, 6.45) is 5.86. The molecule has 5 heteroatoms. The maximum absolute atomic E-state index is 12.5. The van der Waals surface area contributed by atoms with Gasteiger partial charge in [-0.3, -0.25) is 4.79 Å². The molecule has 1 aromatic carbocycles. The van der Waals surface area contributed by atoms with Crippen molar-refractivity contribution in [3.63, 3.8) is 0 Å². The van der Waals surface area contributed by atoms with Crippen LogP contribution < -0.4 is 4.90 Å². The molecule has 0 saturated carbocycles. The van der Waals surface area contributed by atoms with Crippen molar-refractivity contribution in [1.82, 2.24) is 4.90 Å². The zero-order chi connectivity index (χ0) is 14.8. The highest BCUT2D eigenvalue weighted by Crippen LogP contribution is 2.32. The fraction of sp³-hybridized carbons (Fsp3) is 0.375. The van der Waals surface area contributed by atoms with Gasteiger partial charge in [0, 0.05) is 28.8 Å². The molecule has 4 nitrogen and oxygen atoms in total. The van der Waals surface area contributed by atoms with Gasteiger partial charge in [-0.25, -0.2) is 0 Å². The van der Waals surface area contributed by atoms with Gasteiger partial charge in [0.15, 0.2) is 0 Å². The fourth-order valence-corrected chi connectivity index (χ4v) is 3.45. The quantitative estimate of drug-likeness (QED) is 0.827. The van der Waals surface area contributed by atoms with Gasteiger partial charge in [-0.2, -0.15) is 5.26 Å². The SMILES string of the molecule is N#C[C@@H]1CCCN1C(=O)CN1CC=Cc2c(Br)cccc21. The lowest BCUT2D eigenvalue weighted by Gasteiger charge is -2.30. The summed E-state index contributed by atoms with van der Waals surface area (Å²) in [4.78, 5) is 16.3. The molecule has 1 amide bonds. The van der Waals surface area contributed by atoms with Crippen LogP contribution in [0.25, 0.3) is 6.08 Å². The molecule has 108 valence electrons. The maximum atomic E-state index is 12.5. The summed E-state index contributed by atoms with van der Waals surface area (Å²) in [6, 6.07) is 7.99. The largest absolute Gasteiger partial charge is 0.358 e. The van der Waals surface area contributed by atoms with E-state index in [0.717, 1.165) is 35.1 Å². The van der Waals surface area contributed by atoms with Gasteiger partial charge in [-0.1, -0.05) is 34.1 Å². The number of benzene rings is 1. The number of nitriles is 1. The zero-order valence-corrected chi connectivity index (χ0v) is 13.2. The normalized spacial score (nSPS) is 20.3. The minimum Gasteiger partial charge on any atom is -0.358 e. The summed E-state index contributed by atoms with van der Waals surface area (Å²) in [7, 11) is 0. The first kappa shape index (κ1) is 14.2. The van der Waals surface area contributed by atoms with E-state index < -0.39 is 0 Å². The molecule has 1 aromatic rings. The Morgan fingerprint density at radius 1 is 1.48 bits per heavy atom. The first-order chi connectivity index (χ1) is 10.2. The van der Waals surface area contributed by atoms with Crippen molar-refractivity contribution >= 4 is 33.6 Å². The van der Waals surface area contributed by atoms with Crippen molar-refractivity contribution in [1.29, 1.82) is 5.26 Å². The van der Waals surface area contributed by atoms with Crippen molar-refractivity contribution < 1.29 is 4.79 Å². The lowest BCUT2D eigenvalue weighted by Crippen LogP contribution is -2.43. The van der Waals surface area contributed by atoms with E-state index in [2.05, 4.69) is 39.1 Å². The number of hydrogen-bond donors (Lipinski definition) is 0. The second-order valence-electron chi connectivity index (χ2n) is 5.33. The third-order valence-corrected chi connectivity index (χ3v) is 4.72. The zero-order valence-electron chi connectivity index (χ0n) is 11.6. The van der Waals surface area contributed by atoms with Crippen LogP contribution in [0, 0.1) is 11.3 Å². The number of fused-ring (bicyclic) bond motifs is 1. The molecule has 3 rings (SSSR count). The Morgan fingerprint density at radius 2 is 2.33 bits per heavy atom. The summed E-state index contributed by atoms with van der Waals surface area (Å²) >= 11 is 3.55. The second kappa shape index (κ2) is 5.90. The Kier molecular flexibility index (Phi) is 3.98. The summed E-state index contributed by atoms with van der Waals surface area (Å²) < 4.78 is 1.03. The lowest BCUT2D eigenvalue weighted by molar-refractivity contribution is -0.129. The van der Waals surface area contributed by atoms with Gasteiger partial charge >= 0.3 is 0 Å². The van der Waals surface area contributed by atoms with E-state index in [0.29, 0.717) is 13.1 Å². The molecule has 0 radical (unpaired) electrons. The van der Waals surface area contributed by atoms with Gasteiger partial charge in [0.1, 0.15) is 6.04 Å². The van der Waals surface area contributed by atoms with Gasteiger partial charge in [0.05, 0.1) is 12.6 Å². The number of hydrogen-bond acceptors (Lipinski definition) is 3. The van der Waals surface area contributed by atoms with Gasteiger partial charge in [-0.15, -0.1) is 0 Å². The topological polar surface area (TPSA) is 47.3 Å². The van der Waals surface area contributed by atoms with Crippen molar-refractivity contribution in [2.45, 2.75) is 18.9 Å². The Balaban J connectivity index is 1.78. The molecular weight excluding hydrogens is 330 g/mol. The van der Waals surface area contributed by atoms with E-state index in [9.17, 15) is 4.79 Å². The predicted molar refractivity (Wildman–Crippen MR) is 85.7 cm³/mol. The van der Waals surface area contributed by atoms with E-state index in [1.165, 1.54) is 0 Å². The molecule has 21 heavy (non-hydrogen) atoms. The second-order valence-corrected chi connectivity index (χ2v) is 6.18. The molecule has 0 aliphatic carbocycles. The monoisotopic (exact) mass is 345 g/mol. The Morgan fingerprint density at radius 3 is 3.14 bits per heavy atom. The van der Waals surface area contributed by atoms with Crippen LogP contribution in [0.1, 0.15) is 18.4 Å². The minimum absolute atomic E-state index is 0.0419. The molecule has 1 saturated heterocycles. The van der Waals surface area contributed by atoms with E-state index in [4.69, 9.17) is 5.26 Å². The van der Waals surface area contributed by atoms with Crippen LogP contribution in [0.3, 0.4) is 0 Å². The highest BCUT2D eigenvalue weighted by Gasteiger charge is 2.30. The molecule has 1 atom stereocenters. The highest BCUT2D eigenvalue weighted by molar-refractivity contribution is 9.10. The molecule has 2 heterocycles. The molecule has 0 aromatic heterocycles. The van der Waals surface area contributed by atoms with Crippen LogP contribution in [0.2, 0.25) is 0 Å². The molecule has 2 aliphatic rings. The van der Waals surface area contributed by atoms with Crippen LogP contribution >= 0.6 is 15.9 Å². The smallest absolute Gasteiger partial charge is 0.243 e. The molecule has 2 aliphatic heterocycles. The van der Waals surface area contributed by atoms with Crippen LogP contribution in [-0.4, -0.2) is 36.5 Å². The van der Waals surface area contributed by atoms with E-state index in [-0.39, 0.29) is 11.9 Å². The fourth-order valence-electron chi connectivity index (χ4n) is 2.97. The Hall–Kier alpha value is -1.80. The van der Waals surface area contributed by atoms with E-state index >= 15 is 0 Å². The van der Waals surface area contributed by atoms with Gasteiger partial charge in [0.25, 0.3) is 0 Å². The summed E-state index contributed by atoms with van der Waals surface area (Å²) in [5.74, 6) is 0.0419. The third kappa shape index (κ3) is 2.68. The number of halogens is 1. The lowest BCUT2D eigenvalue weighted by atomic mass is 10.1. The number of carbonyl (C=O) groups is 1. The number of nitrogens with zero attached hydrogens (tertiary/aromatic N) is 3. The van der Waals surface area contributed by atoms with Crippen LogP contribution in [0.15, 0.2) is 28.7 Å². The van der Waals surface area contributed by atoms with Crippen LogP contribution in [0.4, 0.5) is 5.69 Å². The number of likely N-dealkylation sites (tertiary alicyclic amines) is 1. The van der Waals surface area contributed by atoms with Crippen molar-refractivity contribution in [2.75, 3.05) is 24.5 Å². The molecule has 0 spiro atoms. The Bertz CT molecular complexity index is 635. The molecule has 1 fully saturated rings. The highest BCUT2D eigenvalue weighted by atomic mass is 79.9. The van der Waals surface area contributed by atoms with Crippen molar-refractivity contribution in [3.05, 3.63) is 34.3 Å². The van der Waals surface area contributed by atoms with Gasteiger partial charge in [-0.05, 0) is 25.0 Å². The van der Waals surface area contributed by atoms with Crippen molar-refractivity contribution in [3.8, 4) is 6.07 Å². The standard InChI is InChI=1S/C16H16BrN3O/c17-14-6-1-7-15-13(14)5-3-8-19(15)11-16(21)20-9-2-4-12(20)10-18/h1,3,5-7,12H,2,4,8-9,11H2/t12-/m0/s1. The first-order valence-corrected chi connectivity index (χ1v) is 7.89. The number of amides is 1. The van der Waals surface area contributed by atoms with Gasteiger partial charge < -0.3 is 9.80 Å². The maximum Gasteiger partial charge on any atom is 0.243 e. The summed E-state index contributed by atoms with van der Waals surface area (Å²) in [5.41, 5.74) is 2.17. The molecule has 0 N–H and O–H groups in total. The van der Waals surface area contributed by atoms with Gasteiger partial charge in [0.2, 0.25) is 5.91 Å². The Labute approximate surface area is 132 Å². The summed E-state index contributed by atoms with van der Waals surface area (Å²) in [5, 5.41) is 9.11. The van der Waals surface area contributed by atoms with E-state index in [1.54, 1.807) is 4.90 Å².